The van der Waals surface area contributed by atoms with Crippen LogP contribution in [0.15, 0.2) is 0 Å². The molecule has 3 rings (SSSR count). The van der Waals surface area contributed by atoms with E-state index in [1.165, 1.54) is 19.3 Å². The number of rotatable bonds is 3. The molecule has 6 heteroatoms. The van der Waals surface area contributed by atoms with Gasteiger partial charge in [-0.05, 0) is 43.4 Å². The van der Waals surface area contributed by atoms with E-state index >= 15 is 0 Å². The highest BCUT2D eigenvalue weighted by atomic mass is 35.5. The minimum absolute atomic E-state index is 0. The number of nitrogens with zero attached hydrogens (tertiary/aromatic N) is 2. The van der Waals surface area contributed by atoms with E-state index in [-0.39, 0.29) is 30.7 Å². The van der Waals surface area contributed by atoms with Crippen LogP contribution in [0.5, 0.6) is 0 Å². The minimum Gasteiger partial charge on any atom is -0.340 e. The SMILES string of the molecule is CC(C)CN1CCN(C(=O)C2CC3CCCC(C2)C3N)CC1.Cl.Cl. The first kappa shape index (κ1) is 22.0. The highest BCUT2D eigenvalue weighted by Gasteiger charge is 2.41. The highest BCUT2D eigenvalue weighted by molar-refractivity contribution is 5.85. The second kappa shape index (κ2) is 9.61. The molecule has 1 saturated heterocycles. The Bertz CT molecular complexity index is 386. The molecule has 2 atom stereocenters. The van der Waals surface area contributed by atoms with Crippen molar-refractivity contribution in [2.75, 3.05) is 32.7 Å². The van der Waals surface area contributed by atoms with Crippen molar-refractivity contribution in [3.05, 3.63) is 0 Å². The molecule has 2 unspecified atom stereocenters. The van der Waals surface area contributed by atoms with E-state index < -0.39 is 0 Å². The lowest BCUT2D eigenvalue weighted by atomic mass is 9.65. The summed E-state index contributed by atoms with van der Waals surface area (Å²) in [6, 6.07) is 0.362. The number of amides is 1. The second-order valence-corrected chi connectivity index (χ2v) is 8.22. The number of nitrogens with two attached hydrogens (primary N) is 1. The Morgan fingerprint density at radius 1 is 1.04 bits per heavy atom. The van der Waals surface area contributed by atoms with Crippen molar-refractivity contribution in [1.29, 1.82) is 0 Å². The van der Waals surface area contributed by atoms with Gasteiger partial charge in [0.1, 0.15) is 0 Å². The van der Waals surface area contributed by atoms with Gasteiger partial charge in [-0.25, -0.2) is 0 Å². The summed E-state index contributed by atoms with van der Waals surface area (Å²) < 4.78 is 0. The van der Waals surface area contributed by atoms with Crippen LogP contribution in [-0.2, 0) is 4.79 Å². The third-order valence-corrected chi connectivity index (χ3v) is 6.07. The van der Waals surface area contributed by atoms with Crippen molar-refractivity contribution >= 4 is 30.7 Å². The Morgan fingerprint density at radius 2 is 1.58 bits per heavy atom. The van der Waals surface area contributed by atoms with E-state index in [9.17, 15) is 4.79 Å². The predicted molar refractivity (Wildman–Crippen MR) is 104 cm³/mol. The highest BCUT2D eigenvalue weighted by Crippen LogP contribution is 2.42. The maximum atomic E-state index is 12.9. The lowest BCUT2D eigenvalue weighted by molar-refractivity contribution is -0.140. The van der Waals surface area contributed by atoms with Crippen LogP contribution in [0.2, 0.25) is 0 Å². The van der Waals surface area contributed by atoms with E-state index in [0.717, 1.165) is 45.6 Å². The smallest absolute Gasteiger partial charge is 0.225 e. The molecule has 2 saturated carbocycles. The molecule has 4 nitrogen and oxygen atoms in total. The van der Waals surface area contributed by atoms with Crippen LogP contribution in [0.25, 0.3) is 0 Å². The number of hydrogen-bond acceptors (Lipinski definition) is 3. The Labute approximate surface area is 159 Å². The fourth-order valence-corrected chi connectivity index (χ4v) is 4.92. The van der Waals surface area contributed by atoms with Gasteiger partial charge >= 0.3 is 0 Å². The Hall–Kier alpha value is -0.0300. The quantitative estimate of drug-likeness (QED) is 0.819. The summed E-state index contributed by atoms with van der Waals surface area (Å²) in [5.41, 5.74) is 6.36. The summed E-state index contributed by atoms with van der Waals surface area (Å²) in [7, 11) is 0. The van der Waals surface area contributed by atoms with Crippen LogP contribution in [0.1, 0.15) is 46.0 Å². The summed E-state index contributed by atoms with van der Waals surface area (Å²) in [4.78, 5) is 17.5. The molecular formula is C18H35Cl2N3O. The van der Waals surface area contributed by atoms with Gasteiger partial charge in [0.05, 0.1) is 0 Å². The van der Waals surface area contributed by atoms with Crippen LogP contribution in [0, 0.1) is 23.7 Å². The Balaban J connectivity index is 0.00000144. The molecular weight excluding hydrogens is 345 g/mol. The predicted octanol–water partition coefficient (Wildman–Crippen LogP) is 2.78. The number of fused-ring (bicyclic) bond motifs is 2. The Morgan fingerprint density at radius 3 is 2.08 bits per heavy atom. The van der Waals surface area contributed by atoms with Crippen LogP contribution in [0.3, 0.4) is 0 Å². The molecule has 24 heavy (non-hydrogen) atoms. The lowest BCUT2D eigenvalue weighted by Gasteiger charge is -2.45. The largest absolute Gasteiger partial charge is 0.340 e. The van der Waals surface area contributed by atoms with Gasteiger partial charge in [-0.1, -0.05) is 20.3 Å². The van der Waals surface area contributed by atoms with Gasteiger partial charge in [0.15, 0.2) is 0 Å². The summed E-state index contributed by atoms with van der Waals surface area (Å²) in [5.74, 6) is 2.59. The average molecular weight is 380 g/mol. The zero-order valence-electron chi connectivity index (χ0n) is 15.2. The first-order chi connectivity index (χ1) is 10.5. The van der Waals surface area contributed by atoms with E-state index in [2.05, 4.69) is 23.6 Å². The van der Waals surface area contributed by atoms with Crippen molar-refractivity contribution in [2.24, 2.45) is 29.4 Å². The van der Waals surface area contributed by atoms with Gasteiger partial charge in [-0.3, -0.25) is 9.69 Å². The number of hydrogen-bond donors (Lipinski definition) is 1. The average Bonchev–Trinajstić information content (AvgIpc) is 2.46. The van der Waals surface area contributed by atoms with Gasteiger partial charge < -0.3 is 10.6 Å². The summed E-state index contributed by atoms with van der Waals surface area (Å²) in [5, 5.41) is 0. The molecule has 1 amide bonds. The van der Waals surface area contributed by atoms with Crippen molar-refractivity contribution in [3.63, 3.8) is 0 Å². The fourth-order valence-electron chi connectivity index (χ4n) is 4.92. The molecule has 2 bridgehead atoms. The number of carbonyl (C=O) groups excluding carboxylic acids is 1. The maximum Gasteiger partial charge on any atom is 0.225 e. The van der Waals surface area contributed by atoms with Crippen molar-refractivity contribution < 1.29 is 4.79 Å². The summed E-state index contributed by atoms with van der Waals surface area (Å²) in [6.07, 6.45) is 5.89. The lowest BCUT2D eigenvalue weighted by Crippen LogP contribution is -2.54. The van der Waals surface area contributed by atoms with E-state index in [0.29, 0.717) is 29.7 Å². The molecule has 1 aliphatic heterocycles. The first-order valence-electron chi connectivity index (χ1n) is 9.31. The zero-order valence-corrected chi connectivity index (χ0v) is 16.8. The number of carbonyl (C=O) groups is 1. The molecule has 3 fully saturated rings. The summed E-state index contributed by atoms with van der Waals surface area (Å²) in [6.45, 7) is 9.62. The van der Waals surface area contributed by atoms with E-state index in [1.807, 2.05) is 0 Å². The molecule has 2 N–H and O–H groups in total. The third kappa shape index (κ3) is 5.00. The maximum absolute atomic E-state index is 12.9. The molecule has 0 aromatic rings. The first-order valence-corrected chi connectivity index (χ1v) is 9.31. The molecule has 0 aromatic heterocycles. The van der Waals surface area contributed by atoms with E-state index in [1.54, 1.807) is 0 Å². The minimum atomic E-state index is 0. The molecule has 142 valence electrons. The van der Waals surface area contributed by atoms with Crippen LogP contribution >= 0.6 is 24.8 Å². The standard InChI is InChI=1S/C18H33N3O.2ClH/c1-13(2)12-20-6-8-21(9-7-20)18(22)16-10-14-4-3-5-15(11-16)17(14)19;;/h13-17H,3-12,19H2,1-2H3;2*1H. The fraction of sp³-hybridized carbons (Fsp3) is 0.944. The number of halogens is 2. The van der Waals surface area contributed by atoms with Gasteiger partial charge in [-0.2, -0.15) is 0 Å². The molecule has 2 aliphatic carbocycles. The second-order valence-electron chi connectivity index (χ2n) is 8.22. The van der Waals surface area contributed by atoms with Crippen molar-refractivity contribution in [3.8, 4) is 0 Å². The van der Waals surface area contributed by atoms with Gasteiger partial charge in [0.2, 0.25) is 5.91 Å². The molecule has 1 heterocycles. The van der Waals surface area contributed by atoms with Gasteiger partial charge in [0.25, 0.3) is 0 Å². The number of piperazine rings is 1. The Kier molecular flexibility index (Phi) is 8.81. The third-order valence-electron chi connectivity index (χ3n) is 6.07. The summed E-state index contributed by atoms with van der Waals surface area (Å²) >= 11 is 0. The van der Waals surface area contributed by atoms with Gasteiger partial charge in [-0.15, -0.1) is 24.8 Å². The molecule has 0 aromatic carbocycles. The van der Waals surface area contributed by atoms with Crippen LogP contribution in [-0.4, -0.2) is 54.5 Å². The van der Waals surface area contributed by atoms with Crippen molar-refractivity contribution in [2.45, 2.75) is 52.0 Å². The van der Waals surface area contributed by atoms with Crippen LogP contribution < -0.4 is 5.73 Å². The normalized spacial score (nSPS) is 33.6. The molecule has 0 spiro atoms. The molecule has 0 radical (unpaired) electrons. The topological polar surface area (TPSA) is 49.6 Å². The van der Waals surface area contributed by atoms with Crippen LogP contribution in [0.4, 0.5) is 0 Å². The van der Waals surface area contributed by atoms with Crippen molar-refractivity contribution in [1.82, 2.24) is 9.80 Å². The molecule has 3 aliphatic rings. The van der Waals surface area contributed by atoms with Gasteiger partial charge in [0, 0.05) is 44.7 Å². The van der Waals surface area contributed by atoms with E-state index in [4.69, 9.17) is 5.73 Å². The monoisotopic (exact) mass is 379 g/mol. The zero-order chi connectivity index (χ0) is 15.7.